The van der Waals surface area contributed by atoms with Gasteiger partial charge in [-0.1, -0.05) is 0 Å². The quantitative estimate of drug-likeness (QED) is 0.921. The number of likely N-dealkylation sites (tertiary alicyclic amines) is 1. The number of rotatable bonds is 4. The Morgan fingerprint density at radius 2 is 1.88 bits per heavy atom. The summed E-state index contributed by atoms with van der Waals surface area (Å²) in [7, 11) is 0. The van der Waals surface area contributed by atoms with E-state index >= 15 is 0 Å². The first-order chi connectivity index (χ1) is 12.1. The summed E-state index contributed by atoms with van der Waals surface area (Å²) in [5, 5.41) is 2.69. The average molecular weight is 340 g/mol. The molecule has 0 unspecified atom stereocenters. The number of piperidine rings is 1. The predicted molar refractivity (Wildman–Crippen MR) is 92.3 cm³/mol. The predicted octanol–water partition coefficient (Wildman–Crippen LogP) is 2.12. The molecule has 1 aliphatic rings. The number of ether oxygens (including phenoxy) is 1. The molecule has 0 bridgehead atoms. The second-order valence-corrected chi connectivity index (χ2v) is 5.91. The van der Waals surface area contributed by atoms with Gasteiger partial charge in [0.05, 0.1) is 6.20 Å². The normalized spacial score (nSPS) is 14.8. The highest BCUT2D eigenvalue weighted by Gasteiger charge is 2.25. The molecule has 2 amide bonds. The van der Waals surface area contributed by atoms with Crippen LogP contribution in [0.15, 0.2) is 42.9 Å². The first-order valence-electron chi connectivity index (χ1n) is 8.21. The zero-order chi connectivity index (χ0) is 17.6. The third-order valence-corrected chi connectivity index (χ3v) is 4.01. The fraction of sp³-hybridized carbons (Fsp3) is 0.333. The van der Waals surface area contributed by atoms with Crippen LogP contribution in [-0.4, -0.2) is 45.9 Å². The minimum atomic E-state index is -0.135. The van der Waals surface area contributed by atoms with Crippen LogP contribution in [0.25, 0.3) is 0 Å². The van der Waals surface area contributed by atoms with E-state index in [9.17, 15) is 9.59 Å². The van der Waals surface area contributed by atoms with Gasteiger partial charge in [-0.3, -0.25) is 14.6 Å². The van der Waals surface area contributed by atoms with Crippen LogP contribution in [-0.2, 0) is 4.79 Å². The van der Waals surface area contributed by atoms with Crippen LogP contribution >= 0.6 is 0 Å². The first kappa shape index (κ1) is 16.9. The van der Waals surface area contributed by atoms with Gasteiger partial charge in [-0.25, -0.2) is 4.98 Å². The Morgan fingerprint density at radius 1 is 1.16 bits per heavy atom. The van der Waals surface area contributed by atoms with E-state index in [-0.39, 0.29) is 17.9 Å². The summed E-state index contributed by atoms with van der Waals surface area (Å²) in [6.07, 6.45) is 6.35. The van der Waals surface area contributed by atoms with Crippen molar-refractivity contribution in [2.45, 2.75) is 25.9 Å². The molecule has 1 saturated heterocycles. The van der Waals surface area contributed by atoms with Crippen molar-refractivity contribution in [3.8, 4) is 5.88 Å². The topological polar surface area (TPSA) is 84.4 Å². The third-order valence-electron chi connectivity index (χ3n) is 4.01. The number of benzene rings is 1. The van der Waals surface area contributed by atoms with Crippen molar-refractivity contribution < 1.29 is 14.3 Å². The van der Waals surface area contributed by atoms with Crippen molar-refractivity contribution in [1.29, 1.82) is 0 Å². The molecule has 1 aliphatic heterocycles. The fourth-order valence-electron chi connectivity index (χ4n) is 2.78. The van der Waals surface area contributed by atoms with Crippen LogP contribution in [0.3, 0.4) is 0 Å². The molecule has 130 valence electrons. The maximum absolute atomic E-state index is 12.6. The zero-order valence-corrected chi connectivity index (χ0v) is 14.0. The summed E-state index contributed by atoms with van der Waals surface area (Å²) >= 11 is 0. The maximum atomic E-state index is 12.6. The van der Waals surface area contributed by atoms with Crippen molar-refractivity contribution in [3.05, 3.63) is 48.4 Å². The second-order valence-electron chi connectivity index (χ2n) is 5.91. The second kappa shape index (κ2) is 7.74. The Morgan fingerprint density at radius 3 is 2.48 bits per heavy atom. The number of carbonyl (C=O) groups is 2. The van der Waals surface area contributed by atoms with E-state index in [1.54, 1.807) is 42.9 Å². The summed E-state index contributed by atoms with van der Waals surface area (Å²) in [6, 6.07) is 6.93. The molecule has 1 fully saturated rings. The molecule has 1 aromatic carbocycles. The lowest BCUT2D eigenvalue weighted by Crippen LogP contribution is -2.41. The highest BCUT2D eigenvalue weighted by molar-refractivity contribution is 5.95. The minimum Gasteiger partial charge on any atom is -0.473 e. The van der Waals surface area contributed by atoms with Crippen LogP contribution in [0.4, 0.5) is 5.69 Å². The zero-order valence-electron chi connectivity index (χ0n) is 14.0. The number of hydrogen-bond acceptors (Lipinski definition) is 5. The Labute approximate surface area is 146 Å². The lowest BCUT2D eigenvalue weighted by atomic mass is 10.1. The van der Waals surface area contributed by atoms with Gasteiger partial charge in [0.1, 0.15) is 6.10 Å². The number of carbonyl (C=O) groups excluding carboxylic acids is 2. The van der Waals surface area contributed by atoms with E-state index in [0.717, 1.165) is 12.8 Å². The molecule has 0 aliphatic carbocycles. The number of anilines is 1. The van der Waals surface area contributed by atoms with Crippen molar-refractivity contribution in [2.24, 2.45) is 0 Å². The Hall–Kier alpha value is -2.96. The van der Waals surface area contributed by atoms with Crippen molar-refractivity contribution in [3.63, 3.8) is 0 Å². The van der Waals surface area contributed by atoms with Gasteiger partial charge >= 0.3 is 0 Å². The molecular weight excluding hydrogens is 320 g/mol. The molecule has 3 rings (SSSR count). The fourth-order valence-corrected chi connectivity index (χ4v) is 2.78. The monoisotopic (exact) mass is 340 g/mol. The SMILES string of the molecule is CC(=O)Nc1ccc(C(=O)N2CCC(Oc3cnccn3)CC2)cc1. The van der Waals surface area contributed by atoms with E-state index in [1.807, 2.05) is 4.90 Å². The van der Waals surface area contributed by atoms with E-state index < -0.39 is 0 Å². The van der Waals surface area contributed by atoms with Crippen LogP contribution in [0.2, 0.25) is 0 Å². The molecule has 1 aromatic heterocycles. The number of hydrogen-bond donors (Lipinski definition) is 1. The van der Waals surface area contributed by atoms with Gasteiger partial charge in [0, 0.05) is 56.5 Å². The van der Waals surface area contributed by atoms with Crippen LogP contribution < -0.4 is 10.1 Å². The smallest absolute Gasteiger partial charge is 0.253 e. The third kappa shape index (κ3) is 4.53. The van der Waals surface area contributed by atoms with Gasteiger partial charge in [0.25, 0.3) is 5.91 Å². The van der Waals surface area contributed by atoms with Gasteiger partial charge in [-0.2, -0.15) is 0 Å². The molecule has 0 atom stereocenters. The molecule has 0 saturated carbocycles. The van der Waals surface area contributed by atoms with E-state index in [0.29, 0.717) is 30.2 Å². The number of nitrogens with zero attached hydrogens (tertiary/aromatic N) is 3. The van der Waals surface area contributed by atoms with Crippen molar-refractivity contribution >= 4 is 17.5 Å². The lowest BCUT2D eigenvalue weighted by Gasteiger charge is -2.32. The first-order valence-corrected chi connectivity index (χ1v) is 8.21. The highest BCUT2D eigenvalue weighted by atomic mass is 16.5. The molecule has 0 radical (unpaired) electrons. The number of amides is 2. The number of nitrogens with one attached hydrogen (secondary N) is 1. The Kier molecular flexibility index (Phi) is 5.23. The Bertz CT molecular complexity index is 726. The molecular formula is C18H20N4O3. The van der Waals surface area contributed by atoms with Gasteiger partial charge in [-0.15, -0.1) is 0 Å². The van der Waals surface area contributed by atoms with Crippen LogP contribution in [0, 0.1) is 0 Å². The summed E-state index contributed by atoms with van der Waals surface area (Å²) in [6.45, 7) is 2.72. The summed E-state index contributed by atoms with van der Waals surface area (Å²) in [5.74, 6) is 0.373. The summed E-state index contributed by atoms with van der Waals surface area (Å²) in [4.78, 5) is 33.5. The molecule has 25 heavy (non-hydrogen) atoms. The molecule has 7 nitrogen and oxygen atoms in total. The highest BCUT2D eigenvalue weighted by Crippen LogP contribution is 2.19. The van der Waals surface area contributed by atoms with Crippen molar-refractivity contribution in [1.82, 2.24) is 14.9 Å². The average Bonchev–Trinajstić information content (AvgIpc) is 2.63. The van der Waals surface area contributed by atoms with Gasteiger partial charge < -0.3 is 15.0 Å². The van der Waals surface area contributed by atoms with Crippen LogP contribution in [0.1, 0.15) is 30.1 Å². The maximum Gasteiger partial charge on any atom is 0.253 e. The van der Waals surface area contributed by atoms with Gasteiger partial charge in [-0.05, 0) is 24.3 Å². The van der Waals surface area contributed by atoms with Gasteiger partial charge in [0.2, 0.25) is 11.8 Å². The summed E-state index contributed by atoms with van der Waals surface area (Å²) in [5.41, 5.74) is 1.29. The Balaban J connectivity index is 1.53. The van der Waals surface area contributed by atoms with Crippen molar-refractivity contribution in [2.75, 3.05) is 18.4 Å². The van der Waals surface area contributed by atoms with E-state index in [4.69, 9.17) is 4.74 Å². The van der Waals surface area contributed by atoms with E-state index in [2.05, 4.69) is 15.3 Å². The van der Waals surface area contributed by atoms with Crippen LogP contribution in [0.5, 0.6) is 5.88 Å². The van der Waals surface area contributed by atoms with Gasteiger partial charge in [0.15, 0.2) is 0 Å². The molecule has 2 aromatic rings. The molecule has 1 N–H and O–H groups in total. The minimum absolute atomic E-state index is 0.00710. The molecule has 7 heteroatoms. The largest absolute Gasteiger partial charge is 0.473 e. The molecule has 2 heterocycles. The lowest BCUT2D eigenvalue weighted by molar-refractivity contribution is -0.114. The van der Waals surface area contributed by atoms with E-state index in [1.165, 1.54) is 6.92 Å². The summed E-state index contributed by atoms with van der Waals surface area (Å²) < 4.78 is 5.79. The number of aromatic nitrogens is 2. The standard InChI is InChI=1S/C18H20N4O3/c1-13(23)21-15-4-2-14(3-5-15)18(24)22-10-6-16(7-11-22)25-17-12-19-8-9-20-17/h2-5,8-9,12,16H,6-7,10-11H2,1H3,(H,21,23). The molecule has 0 spiro atoms.